The zero-order valence-electron chi connectivity index (χ0n) is 9.83. The molecule has 0 amide bonds. The second kappa shape index (κ2) is 4.75. The molecule has 0 radical (unpaired) electrons. The minimum absolute atomic E-state index is 0.0201. The Labute approximate surface area is 106 Å². The Morgan fingerprint density at radius 1 is 1.44 bits per heavy atom. The predicted octanol–water partition coefficient (Wildman–Crippen LogP) is 0.0990. The van der Waals surface area contributed by atoms with Gasteiger partial charge in [-0.1, -0.05) is 0 Å². The molecule has 1 atom stereocenters. The van der Waals surface area contributed by atoms with E-state index >= 15 is 0 Å². The fraction of sp³-hybridized carbons (Fsp3) is 0.455. The first kappa shape index (κ1) is 13.1. The third-order valence-electron chi connectivity index (χ3n) is 3.02. The standard InChI is InChI=1S/C11H17N3O3S/c12-9-5-8(18(13,16)17)3-4-10(9)14-6-11(15)7-1-2-7/h3-5,7,11,14-15H,1-2,6,12H2,(H2,13,16,17). The fourth-order valence-electron chi connectivity index (χ4n) is 1.74. The van der Waals surface area contributed by atoms with E-state index in [-0.39, 0.29) is 11.0 Å². The summed E-state index contributed by atoms with van der Waals surface area (Å²) in [5.74, 6) is 0.377. The first-order valence-corrected chi connectivity index (χ1v) is 7.27. The second-order valence-corrected chi connectivity index (χ2v) is 6.14. The van der Waals surface area contributed by atoms with Crippen LogP contribution in [0.4, 0.5) is 11.4 Å². The highest BCUT2D eigenvalue weighted by Gasteiger charge is 2.29. The number of hydrogen-bond acceptors (Lipinski definition) is 5. The lowest BCUT2D eigenvalue weighted by Crippen LogP contribution is -2.22. The molecule has 0 aromatic heterocycles. The molecule has 6 nitrogen and oxygen atoms in total. The van der Waals surface area contributed by atoms with Gasteiger partial charge in [-0.15, -0.1) is 0 Å². The SMILES string of the molecule is Nc1cc(S(N)(=O)=O)ccc1NCC(O)C1CC1. The molecule has 0 saturated heterocycles. The lowest BCUT2D eigenvalue weighted by Gasteiger charge is -2.14. The molecular weight excluding hydrogens is 254 g/mol. The maximum atomic E-state index is 11.1. The number of rotatable bonds is 5. The smallest absolute Gasteiger partial charge is 0.238 e. The third kappa shape index (κ3) is 3.12. The molecule has 1 aromatic carbocycles. The van der Waals surface area contributed by atoms with Crippen molar-refractivity contribution in [1.82, 2.24) is 0 Å². The summed E-state index contributed by atoms with van der Waals surface area (Å²) < 4.78 is 22.2. The molecule has 0 spiro atoms. The number of primary sulfonamides is 1. The number of sulfonamides is 1. The summed E-state index contributed by atoms with van der Waals surface area (Å²) in [5, 5.41) is 17.7. The molecule has 1 aliphatic rings. The van der Waals surface area contributed by atoms with Crippen LogP contribution in [0.5, 0.6) is 0 Å². The van der Waals surface area contributed by atoms with Gasteiger partial charge in [-0.2, -0.15) is 0 Å². The number of anilines is 2. The maximum absolute atomic E-state index is 11.1. The molecule has 7 heteroatoms. The summed E-state index contributed by atoms with van der Waals surface area (Å²) in [4.78, 5) is -0.0201. The Hall–Kier alpha value is -1.31. The highest BCUT2D eigenvalue weighted by molar-refractivity contribution is 7.89. The van der Waals surface area contributed by atoms with Crippen LogP contribution in [-0.4, -0.2) is 26.2 Å². The highest BCUT2D eigenvalue weighted by Crippen LogP contribution is 2.33. The van der Waals surface area contributed by atoms with E-state index < -0.39 is 10.0 Å². The molecule has 0 aliphatic heterocycles. The summed E-state index contributed by atoms with van der Waals surface area (Å²) in [6, 6.07) is 4.24. The molecule has 1 unspecified atom stereocenters. The Morgan fingerprint density at radius 3 is 2.61 bits per heavy atom. The Kier molecular flexibility index (Phi) is 3.47. The second-order valence-electron chi connectivity index (χ2n) is 4.58. The lowest BCUT2D eigenvalue weighted by atomic mass is 10.2. The molecule has 1 fully saturated rings. The third-order valence-corrected chi connectivity index (χ3v) is 3.93. The predicted molar refractivity (Wildman–Crippen MR) is 69.4 cm³/mol. The van der Waals surface area contributed by atoms with Crippen LogP contribution >= 0.6 is 0 Å². The largest absolute Gasteiger partial charge is 0.397 e. The molecule has 18 heavy (non-hydrogen) atoms. The van der Waals surface area contributed by atoms with E-state index in [1.165, 1.54) is 12.1 Å². The van der Waals surface area contributed by atoms with E-state index in [0.717, 1.165) is 12.8 Å². The number of nitrogen functional groups attached to an aromatic ring is 1. The monoisotopic (exact) mass is 271 g/mol. The number of nitrogens with one attached hydrogen (secondary N) is 1. The van der Waals surface area contributed by atoms with Crippen LogP contribution in [0.1, 0.15) is 12.8 Å². The van der Waals surface area contributed by atoms with Crippen LogP contribution in [0.25, 0.3) is 0 Å². The normalized spacial score (nSPS) is 17.4. The average Bonchev–Trinajstić information content (AvgIpc) is 3.09. The topological polar surface area (TPSA) is 118 Å². The highest BCUT2D eigenvalue weighted by atomic mass is 32.2. The number of nitrogens with two attached hydrogens (primary N) is 2. The van der Waals surface area contributed by atoms with Crippen LogP contribution < -0.4 is 16.2 Å². The summed E-state index contributed by atoms with van der Waals surface area (Å²) in [7, 11) is -3.73. The number of benzene rings is 1. The first-order chi connectivity index (χ1) is 8.38. The van der Waals surface area contributed by atoms with Crippen molar-refractivity contribution in [3.8, 4) is 0 Å². The lowest BCUT2D eigenvalue weighted by molar-refractivity contribution is 0.164. The zero-order valence-corrected chi connectivity index (χ0v) is 10.7. The van der Waals surface area contributed by atoms with Crippen molar-refractivity contribution < 1.29 is 13.5 Å². The van der Waals surface area contributed by atoms with Crippen molar-refractivity contribution in [1.29, 1.82) is 0 Å². The van der Waals surface area contributed by atoms with Crippen molar-refractivity contribution in [3.05, 3.63) is 18.2 Å². The van der Waals surface area contributed by atoms with Gasteiger partial charge in [-0.25, -0.2) is 13.6 Å². The summed E-state index contributed by atoms with van der Waals surface area (Å²) in [6.07, 6.45) is 1.73. The molecule has 0 heterocycles. The van der Waals surface area contributed by atoms with Gasteiger partial charge in [-0.05, 0) is 37.0 Å². The van der Waals surface area contributed by atoms with Crippen molar-refractivity contribution in [2.75, 3.05) is 17.6 Å². The Balaban J connectivity index is 2.05. The van der Waals surface area contributed by atoms with Gasteiger partial charge in [0.15, 0.2) is 0 Å². The fourth-order valence-corrected chi connectivity index (χ4v) is 2.29. The number of aliphatic hydroxyl groups is 1. The minimum Gasteiger partial charge on any atom is -0.397 e. The quantitative estimate of drug-likeness (QED) is 0.566. The van der Waals surface area contributed by atoms with E-state index in [2.05, 4.69) is 5.32 Å². The van der Waals surface area contributed by atoms with Gasteiger partial charge >= 0.3 is 0 Å². The summed E-state index contributed by atoms with van der Waals surface area (Å²) >= 11 is 0. The van der Waals surface area contributed by atoms with Gasteiger partial charge in [-0.3, -0.25) is 0 Å². The zero-order chi connectivity index (χ0) is 13.3. The van der Waals surface area contributed by atoms with Gasteiger partial charge in [0.1, 0.15) is 0 Å². The van der Waals surface area contributed by atoms with Gasteiger partial charge in [0, 0.05) is 6.54 Å². The molecule has 100 valence electrons. The Morgan fingerprint density at radius 2 is 2.11 bits per heavy atom. The van der Waals surface area contributed by atoms with Crippen molar-refractivity contribution in [2.45, 2.75) is 23.8 Å². The Bertz CT molecular complexity index is 540. The van der Waals surface area contributed by atoms with Gasteiger partial charge in [0.2, 0.25) is 10.0 Å². The van der Waals surface area contributed by atoms with Crippen molar-refractivity contribution >= 4 is 21.4 Å². The molecule has 1 aromatic rings. The molecular formula is C11H17N3O3S. The van der Waals surface area contributed by atoms with Gasteiger partial charge in [0.25, 0.3) is 0 Å². The molecule has 1 saturated carbocycles. The van der Waals surface area contributed by atoms with Gasteiger partial charge < -0.3 is 16.2 Å². The van der Waals surface area contributed by atoms with Crippen molar-refractivity contribution in [2.24, 2.45) is 11.1 Å². The van der Waals surface area contributed by atoms with E-state index in [1.807, 2.05) is 0 Å². The average molecular weight is 271 g/mol. The number of hydrogen-bond donors (Lipinski definition) is 4. The van der Waals surface area contributed by atoms with Crippen LogP contribution in [0.3, 0.4) is 0 Å². The molecule has 1 aliphatic carbocycles. The van der Waals surface area contributed by atoms with E-state index in [0.29, 0.717) is 23.8 Å². The van der Waals surface area contributed by atoms with E-state index in [9.17, 15) is 13.5 Å². The van der Waals surface area contributed by atoms with E-state index in [1.54, 1.807) is 6.07 Å². The van der Waals surface area contributed by atoms with Crippen molar-refractivity contribution in [3.63, 3.8) is 0 Å². The summed E-state index contributed by atoms with van der Waals surface area (Å²) in [5.41, 5.74) is 6.63. The molecule has 2 rings (SSSR count). The minimum atomic E-state index is -3.73. The summed E-state index contributed by atoms with van der Waals surface area (Å²) in [6.45, 7) is 0.406. The van der Waals surface area contributed by atoms with Crippen LogP contribution in [0.2, 0.25) is 0 Å². The molecule has 0 bridgehead atoms. The van der Waals surface area contributed by atoms with Crippen LogP contribution in [0, 0.1) is 5.92 Å². The van der Waals surface area contributed by atoms with Crippen LogP contribution in [0.15, 0.2) is 23.1 Å². The number of aliphatic hydroxyl groups excluding tert-OH is 1. The van der Waals surface area contributed by atoms with Gasteiger partial charge in [0.05, 0.1) is 22.4 Å². The van der Waals surface area contributed by atoms with Crippen LogP contribution in [-0.2, 0) is 10.0 Å². The van der Waals surface area contributed by atoms with E-state index in [4.69, 9.17) is 10.9 Å². The first-order valence-electron chi connectivity index (χ1n) is 5.72. The maximum Gasteiger partial charge on any atom is 0.238 e. The molecule has 6 N–H and O–H groups in total.